The van der Waals surface area contributed by atoms with Gasteiger partial charge in [0.25, 0.3) is 0 Å². The SMILES string of the molecule is CN1CCN(CCCCc2cccc(CC(=O)Nc3cc(-c4ccnc(Cl)c4)cs3)c2)CC1.CS(=O)(=O)Nc1ccc(F)c(CC(=O)Nc2cc(-c3ccnc(Cl)c3)cs2)c1.Cc1cccc(CC(=O)Nc2cc(-c3ccnc(Cl)c3)cs2)c1.O=C(Cc1cccc(CCCCN2CCNCC2)c1)Nc1cc(-c2ccnc(Cl)c2)cs1. The van der Waals surface area contributed by atoms with E-state index in [1.54, 1.807) is 43.0 Å². The summed E-state index contributed by atoms with van der Waals surface area (Å²) in [6.45, 7) is 13.6. The zero-order valence-corrected chi connectivity index (χ0v) is 71.5. The van der Waals surface area contributed by atoms with Gasteiger partial charge in [-0.15, -0.1) is 45.3 Å². The zero-order valence-electron chi connectivity index (χ0n) is 64.4. The number of nitrogens with one attached hydrogen (secondary N) is 6. The van der Waals surface area contributed by atoms with E-state index in [0.717, 1.165) is 133 Å². The van der Waals surface area contributed by atoms with Crippen LogP contribution in [0.4, 0.5) is 30.1 Å². The van der Waals surface area contributed by atoms with Crippen LogP contribution in [0.3, 0.4) is 0 Å². The number of hydrogen-bond acceptors (Lipinski definition) is 18. The first-order valence-corrected chi connectivity index (χ1v) is 44.7. The van der Waals surface area contributed by atoms with Crippen LogP contribution in [0.15, 0.2) is 210 Å². The number of carbonyl (C=O) groups excluding carboxylic acids is 4. The normalized spacial score (nSPS) is 13.0. The second kappa shape index (κ2) is 44.4. The Balaban J connectivity index is 0.000000153. The smallest absolute Gasteiger partial charge is 0.229 e. The van der Waals surface area contributed by atoms with Crippen molar-refractivity contribution in [3.05, 3.63) is 275 Å². The molecule has 8 aromatic heterocycles. The summed E-state index contributed by atoms with van der Waals surface area (Å²) >= 11 is 29.6. The summed E-state index contributed by atoms with van der Waals surface area (Å²) < 4.78 is 38.9. The molecule has 0 radical (unpaired) electrons. The van der Waals surface area contributed by atoms with Crippen LogP contribution < -0.4 is 31.3 Å². The van der Waals surface area contributed by atoms with E-state index in [2.05, 4.69) is 109 Å². The Bertz CT molecular complexity index is 5380. The fourth-order valence-corrected chi connectivity index (χ4v) is 17.5. The summed E-state index contributed by atoms with van der Waals surface area (Å²) in [6.07, 6.45) is 15.4. The minimum absolute atomic E-state index is 0.00187. The van der Waals surface area contributed by atoms with Crippen molar-refractivity contribution in [3.63, 3.8) is 0 Å². The molecule has 0 saturated carbocycles. The minimum atomic E-state index is -3.50. The number of hydrogen-bond donors (Lipinski definition) is 6. The lowest BCUT2D eigenvalue weighted by Gasteiger charge is -2.32. The van der Waals surface area contributed by atoms with Gasteiger partial charge in [0.05, 0.1) is 51.9 Å². The van der Waals surface area contributed by atoms with Crippen molar-refractivity contribution in [2.24, 2.45) is 0 Å². The van der Waals surface area contributed by atoms with Crippen molar-refractivity contribution in [1.29, 1.82) is 0 Å². The van der Waals surface area contributed by atoms with Crippen LogP contribution in [0.2, 0.25) is 20.6 Å². The van der Waals surface area contributed by atoms with Gasteiger partial charge in [-0.1, -0.05) is 125 Å². The van der Waals surface area contributed by atoms with Crippen molar-refractivity contribution in [1.82, 2.24) is 40.0 Å². The summed E-state index contributed by atoms with van der Waals surface area (Å²) in [4.78, 5) is 73.1. The number of likely N-dealkylation sites (N-methyl/N-ethyl adjacent to an activating group) is 1. The van der Waals surface area contributed by atoms with Crippen molar-refractivity contribution in [2.45, 2.75) is 71.1 Å². The lowest BCUT2D eigenvalue weighted by molar-refractivity contribution is -0.116. The first-order valence-electron chi connectivity index (χ1n) is 37.8. The Morgan fingerprint density at radius 2 is 0.793 bits per heavy atom. The number of pyridine rings is 4. The lowest BCUT2D eigenvalue weighted by Crippen LogP contribution is -2.44. The van der Waals surface area contributed by atoms with E-state index in [-0.39, 0.29) is 35.4 Å². The molecule has 14 rings (SSSR count). The number of rotatable bonds is 28. The van der Waals surface area contributed by atoms with Gasteiger partial charge in [-0.05, 0) is 234 Å². The summed E-state index contributed by atoms with van der Waals surface area (Å²) in [6, 6.07) is 50.9. The van der Waals surface area contributed by atoms with E-state index >= 15 is 0 Å². The van der Waals surface area contributed by atoms with Crippen LogP contribution in [-0.2, 0) is 67.7 Å². The van der Waals surface area contributed by atoms with Crippen LogP contribution >= 0.6 is 91.8 Å². The molecule has 6 N–H and O–H groups in total. The maximum atomic E-state index is 14.0. The van der Waals surface area contributed by atoms with Crippen LogP contribution in [0.5, 0.6) is 0 Å². The van der Waals surface area contributed by atoms with Crippen molar-refractivity contribution in [2.75, 3.05) is 105 Å². The van der Waals surface area contributed by atoms with Gasteiger partial charge in [-0.25, -0.2) is 32.7 Å². The maximum absolute atomic E-state index is 14.0. The van der Waals surface area contributed by atoms with Crippen molar-refractivity contribution < 1.29 is 32.0 Å². The third-order valence-electron chi connectivity index (χ3n) is 18.7. The Labute approximate surface area is 713 Å². The molecular formula is C87H90Cl4FN13O6S5. The Hall–Kier alpha value is -9.16. The first-order chi connectivity index (χ1) is 56.0. The molecular weight excluding hydrogens is 1640 g/mol. The molecule has 4 amide bonds. The highest BCUT2D eigenvalue weighted by Gasteiger charge is 2.18. The molecule has 0 aliphatic carbocycles. The van der Waals surface area contributed by atoms with Gasteiger partial charge in [0, 0.05) is 104 Å². The number of carbonyl (C=O) groups is 4. The monoisotopic (exact) mass is 1730 g/mol. The second-order valence-corrected chi connectivity index (χ2v) is 35.1. The molecule has 2 aliphatic rings. The Kier molecular flexibility index (Phi) is 33.6. The van der Waals surface area contributed by atoms with E-state index in [9.17, 15) is 32.0 Å². The predicted octanol–water partition coefficient (Wildman–Crippen LogP) is 19.2. The van der Waals surface area contributed by atoms with Crippen LogP contribution in [0.1, 0.15) is 64.6 Å². The Morgan fingerprint density at radius 1 is 0.431 bits per heavy atom. The van der Waals surface area contributed by atoms with E-state index in [1.165, 1.54) is 134 Å². The second-order valence-electron chi connectivity index (χ2n) is 28.1. The average Bonchev–Trinajstić information content (AvgIpc) is 1.03. The lowest BCUT2D eigenvalue weighted by atomic mass is 10.0. The minimum Gasteiger partial charge on any atom is -0.317 e. The number of anilines is 5. The van der Waals surface area contributed by atoms with Gasteiger partial charge < -0.3 is 41.3 Å². The number of aromatic nitrogens is 4. The summed E-state index contributed by atoms with van der Waals surface area (Å²) in [5.74, 6) is -1.02. The largest absolute Gasteiger partial charge is 0.317 e. The van der Waals surface area contributed by atoms with Crippen LogP contribution in [-0.4, -0.2) is 145 Å². The maximum Gasteiger partial charge on any atom is 0.229 e. The molecule has 29 heteroatoms. The van der Waals surface area contributed by atoms with E-state index in [0.29, 0.717) is 44.9 Å². The number of thiophene rings is 4. The highest BCUT2D eigenvalue weighted by molar-refractivity contribution is 7.92. The molecule has 10 heterocycles. The molecule has 116 heavy (non-hydrogen) atoms. The number of unbranched alkanes of at least 4 members (excludes halogenated alkanes) is 2. The summed E-state index contributed by atoms with van der Waals surface area (Å²) in [7, 11) is -1.30. The van der Waals surface area contributed by atoms with E-state index in [4.69, 9.17) is 46.4 Å². The predicted molar refractivity (Wildman–Crippen MR) is 478 cm³/mol. The van der Waals surface area contributed by atoms with Crippen molar-refractivity contribution >= 4 is 151 Å². The average molecular weight is 1730 g/mol. The number of sulfonamides is 1. The summed E-state index contributed by atoms with van der Waals surface area (Å²) in [5, 5.41) is 27.8. The van der Waals surface area contributed by atoms with Crippen LogP contribution in [0.25, 0.3) is 44.5 Å². The van der Waals surface area contributed by atoms with E-state index < -0.39 is 21.7 Å². The molecule has 2 saturated heterocycles. The third kappa shape index (κ3) is 29.8. The molecule has 0 atom stereocenters. The molecule has 0 bridgehead atoms. The molecule has 604 valence electrons. The molecule has 12 aromatic rings. The van der Waals surface area contributed by atoms with Gasteiger partial charge in [-0.2, -0.15) is 0 Å². The van der Waals surface area contributed by atoms with Crippen LogP contribution in [0, 0.1) is 12.7 Å². The molecule has 2 fully saturated rings. The number of benzene rings is 4. The highest BCUT2D eigenvalue weighted by atomic mass is 35.5. The van der Waals surface area contributed by atoms with E-state index in [1.807, 2.05) is 119 Å². The Morgan fingerprint density at radius 3 is 1.17 bits per heavy atom. The fourth-order valence-electron chi connectivity index (χ4n) is 12.9. The van der Waals surface area contributed by atoms with Gasteiger partial charge in [-0.3, -0.25) is 23.9 Å². The quantitative estimate of drug-likeness (QED) is 0.0198. The zero-order chi connectivity index (χ0) is 81.8. The standard InChI is InChI=1S/C26H31ClN4OS.C25H29ClN4OS.C18H15ClFN3O3S2.C18H15ClN2OS/c1-30-11-13-31(14-12-30)10-3-2-5-20-6-4-7-21(15-20)16-25(32)29-26-18-23(19-33-26)22-8-9-28-24(27)17-22;26-23-16-21(7-8-28-23)22-17-25(32-18-22)29-24(31)15-20-6-3-5-19(14-20)4-1-2-11-30-12-9-27-10-13-30;1-28(25,26)23-14-2-3-15(20)12(6-14)8-17(24)22-18-9-13(10-27-18)11-4-5-21-16(19)7-11;1-12-3-2-4-13(7-12)8-17(22)21-18-10-15(11-23-18)14-5-6-20-16(19)9-14/h4,6-9,15,17-19H,2-3,5,10-14,16H2,1H3,(H,29,32);3,5-8,14,16-18,27H,1-2,4,9-13,15H2,(H,29,31);2-7,9-10,23H,8H2,1H3,(H,22,24);2-7,9-11H,8H2,1H3,(H,21,22). The summed E-state index contributed by atoms with van der Waals surface area (Å²) in [5.41, 5.74) is 15.0. The molecule has 0 spiro atoms. The molecule has 19 nitrogen and oxygen atoms in total. The van der Waals surface area contributed by atoms with Gasteiger partial charge in [0.2, 0.25) is 33.7 Å². The number of piperazine rings is 2. The fraction of sp³-hybridized carbons (Fsp3) is 0.264. The molecule has 0 unspecified atom stereocenters. The van der Waals surface area contributed by atoms with Gasteiger partial charge >= 0.3 is 0 Å². The molecule has 4 aromatic carbocycles. The highest BCUT2D eigenvalue weighted by Crippen LogP contribution is 2.35. The topological polar surface area (TPSA) is 236 Å². The van der Waals surface area contributed by atoms with Crippen molar-refractivity contribution in [3.8, 4) is 44.5 Å². The number of aryl methyl sites for hydroxylation is 3. The number of amides is 4. The number of halogens is 5. The third-order valence-corrected chi connectivity index (χ3v) is 23.5. The van der Waals surface area contributed by atoms with Gasteiger partial charge in [0.15, 0.2) is 0 Å². The van der Waals surface area contributed by atoms with Gasteiger partial charge in [0.1, 0.15) is 26.4 Å². The first kappa shape index (κ1) is 87.7. The molecule has 2 aliphatic heterocycles. The number of nitrogens with zero attached hydrogens (tertiary/aromatic N) is 7.